The van der Waals surface area contributed by atoms with Crippen LogP contribution < -0.4 is 20.8 Å². The smallest absolute Gasteiger partial charge is 0.261 e. The van der Waals surface area contributed by atoms with Crippen molar-refractivity contribution in [2.45, 2.75) is 18.9 Å². The van der Waals surface area contributed by atoms with Gasteiger partial charge in [-0.25, -0.2) is 4.98 Å². The number of carbonyl (C=O) groups is 1. The summed E-state index contributed by atoms with van der Waals surface area (Å²) in [5, 5.41) is 0.603. The molecule has 1 aromatic heterocycles. The van der Waals surface area contributed by atoms with Gasteiger partial charge in [-0.3, -0.25) is 14.2 Å². The molecule has 1 unspecified atom stereocenters. The Morgan fingerprint density at radius 1 is 0.970 bits per heavy atom. The predicted molar refractivity (Wildman–Crippen MR) is 126 cm³/mol. The van der Waals surface area contributed by atoms with Gasteiger partial charge in [0.15, 0.2) is 6.10 Å². The van der Waals surface area contributed by atoms with Crippen molar-refractivity contribution < 1.29 is 14.3 Å². The molecule has 2 N–H and O–H groups in total. The number of nitrogens with two attached hydrogens (primary N) is 1. The molecule has 4 aromatic rings. The summed E-state index contributed by atoms with van der Waals surface area (Å²) in [7, 11) is 1.72. The number of rotatable bonds is 9. The Morgan fingerprint density at radius 3 is 2.39 bits per heavy atom. The number of fused-ring (bicyclic) bond motifs is 1. The summed E-state index contributed by atoms with van der Waals surface area (Å²) in [5.41, 5.74) is 7.04. The Hall–Kier alpha value is -4.13. The van der Waals surface area contributed by atoms with E-state index in [1.807, 2.05) is 60.7 Å². The van der Waals surface area contributed by atoms with Gasteiger partial charge in [-0.15, -0.1) is 0 Å². The second kappa shape index (κ2) is 9.99. The van der Waals surface area contributed by atoms with Gasteiger partial charge in [-0.1, -0.05) is 42.5 Å². The first kappa shape index (κ1) is 22.1. The van der Waals surface area contributed by atoms with Gasteiger partial charge in [-0.05, 0) is 42.0 Å². The summed E-state index contributed by atoms with van der Waals surface area (Å²) in [6, 6.07) is 23.9. The van der Waals surface area contributed by atoms with Crippen LogP contribution >= 0.6 is 0 Å². The zero-order valence-electron chi connectivity index (χ0n) is 18.3. The van der Waals surface area contributed by atoms with E-state index < -0.39 is 12.0 Å². The third-order valence-electron chi connectivity index (χ3n) is 5.35. The van der Waals surface area contributed by atoms with Crippen molar-refractivity contribution in [3.05, 3.63) is 101 Å². The molecule has 7 nitrogen and oxygen atoms in total. The highest BCUT2D eigenvalue weighted by Crippen LogP contribution is 2.17. The maximum atomic E-state index is 12.5. The molecular weight excluding hydrogens is 418 g/mol. The van der Waals surface area contributed by atoms with Gasteiger partial charge in [0.2, 0.25) is 0 Å². The van der Waals surface area contributed by atoms with Gasteiger partial charge in [-0.2, -0.15) is 0 Å². The summed E-state index contributed by atoms with van der Waals surface area (Å²) in [4.78, 5) is 28.9. The molecule has 0 bridgehead atoms. The van der Waals surface area contributed by atoms with E-state index in [1.54, 1.807) is 29.8 Å². The van der Waals surface area contributed by atoms with Gasteiger partial charge in [0.1, 0.15) is 17.3 Å². The molecule has 4 rings (SSSR count). The molecule has 0 saturated carbocycles. The van der Waals surface area contributed by atoms with Crippen molar-refractivity contribution in [1.82, 2.24) is 9.55 Å². The number of benzene rings is 3. The standard InChI is InChI=1S/C26H25N3O4/c1-29-24(28-22-10-6-5-9-21(22)26(29)31)15-16-32-19-13-11-18(12-14-19)17-23(25(27)30)33-20-7-3-2-4-8-20/h2-14,23H,15-17H2,1H3,(H2,27,30). The molecule has 33 heavy (non-hydrogen) atoms. The molecule has 1 atom stereocenters. The average molecular weight is 444 g/mol. The fraction of sp³-hybridized carbons (Fsp3) is 0.192. The summed E-state index contributed by atoms with van der Waals surface area (Å²) < 4.78 is 13.1. The normalized spacial score (nSPS) is 11.8. The van der Waals surface area contributed by atoms with E-state index >= 15 is 0 Å². The Balaban J connectivity index is 1.36. The molecule has 0 fully saturated rings. The van der Waals surface area contributed by atoms with Crippen LogP contribution in [0.15, 0.2) is 83.7 Å². The van der Waals surface area contributed by atoms with Crippen LogP contribution in [0.2, 0.25) is 0 Å². The second-order valence-corrected chi connectivity index (χ2v) is 7.68. The van der Waals surface area contributed by atoms with Gasteiger partial charge in [0.25, 0.3) is 11.5 Å². The lowest BCUT2D eigenvalue weighted by Gasteiger charge is -2.16. The lowest BCUT2D eigenvalue weighted by molar-refractivity contribution is -0.124. The van der Waals surface area contributed by atoms with E-state index in [2.05, 4.69) is 4.98 Å². The number of primary amides is 1. The topological polar surface area (TPSA) is 96.4 Å². The van der Waals surface area contributed by atoms with Crippen LogP contribution in [0, 0.1) is 0 Å². The highest BCUT2D eigenvalue weighted by molar-refractivity contribution is 5.79. The molecule has 0 radical (unpaired) electrons. The second-order valence-electron chi connectivity index (χ2n) is 7.68. The van der Waals surface area contributed by atoms with E-state index in [1.165, 1.54) is 0 Å². The molecule has 0 saturated heterocycles. The summed E-state index contributed by atoms with van der Waals surface area (Å²) in [5.74, 6) is 1.42. The van der Waals surface area contributed by atoms with Crippen LogP contribution in [0.5, 0.6) is 11.5 Å². The lowest BCUT2D eigenvalue weighted by atomic mass is 10.1. The quantitative estimate of drug-likeness (QED) is 0.429. The maximum Gasteiger partial charge on any atom is 0.261 e. The highest BCUT2D eigenvalue weighted by Gasteiger charge is 2.18. The van der Waals surface area contributed by atoms with Crippen LogP contribution in [0.25, 0.3) is 10.9 Å². The van der Waals surface area contributed by atoms with Crippen molar-refractivity contribution in [3.63, 3.8) is 0 Å². The first-order chi connectivity index (χ1) is 16.0. The average Bonchev–Trinajstić information content (AvgIpc) is 2.83. The first-order valence-corrected chi connectivity index (χ1v) is 10.7. The number of amides is 1. The first-order valence-electron chi connectivity index (χ1n) is 10.7. The molecule has 0 aliphatic rings. The zero-order valence-corrected chi connectivity index (χ0v) is 18.3. The lowest BCUT2D eigenvalue weighted by Crippen LogP contribution is -2.35. The minimum Gasteiger partial charge on any atom is -0.493 e. The molecular formula is C26H25N3O4. The maximum absolute atomic E-state index is 12.5. The van der Waals surface area contributed by atoms with E-state index in [4.69, 9.17) is 15.2 Å². The van der Waals surface area contributed by atoms with E-state index in [0.29, 0.717) is 47.7 Å². The third kappa shape index (κ3) is 5.38. The van der Waals surface area contributed by atoms with Crippen LogP contribution in [0.4, 0.5) is 0 Å². The van der Waals surface area contributed by atoms with Crippen molar-refractivity contribution in [2.24, 2.45) is 12.8 Å². The van der Waals surface area contributed by atoms with Crippen LogP contribution in [0.3, 0.4) is 0 Å². The fourth-order valence-electron chi connectivity index (χ4n) is 3.55. The minimum absolute atomic E-state index is 0.0679. The molecule has 7 heteroatoms. The summed E-state index contributed by atoms with van der Waals surface area (Å²) >= 11 is 0. The number of hydrogen-bond acceptors (Lipinski definition) is 5. The summed E-state index contributed by atoms with van der Waals surface area (Å²) in [6.07, 6.45) is 0.0834. The Morgan fingerprint density at radius 2 is 1.67 bits per heavy atom. The van der Waals surface area contributed by atoms with E-state index in [9.17, 15) is 9.59 Å². The zero-order chi connectivity index (χ0) is 23.2. The summed E-state index contributed by atoms with van der Waals surface area (Å²) in [6.45, 7) is 0.374. The van der Waals surface area contributed by atoms with Gasteiger partial charge in [0, 0.05) is 19.9 Å². The number of aromatic nitrogens is 2. The molecule has 0 aliphatic heterocycles. The molecule has 1 amide bonds. The van der Waals surface area contributed by atoms with E-state index in [0.717, 1.165) is 5.56 Å². The Bertz CT molecular complexity index is 1300. The number of hydrogen-bond donors (Lipinski definition) is 1. The molecule has 168 valence electrons. The number of carbonyl (C=O) groups excluding carboxylic acids is 1. The molecule has 0 spiro atoms. The highest BCUT2D eigenvalue weighted by atomic mass is 16.5. The Labute approximate surface area is 191 Å². The molecule has 1 heterocycles. The SMILES string of the molecule is Cn1c(CCOc2ccc(CC(Oc3ccccc3)C(N)=O)cc2)nc2ccccc2c1=O. The van der Waals surface area contributed by atoms with Crippen LogP contribution in [-0.4, -0.2) is 28.2 Å². The predicted octanol–water partition coefficient (Wildman–Crippen LogP) is 3.03. The van der Waals surface area contributed by atoms with E-state index in [-0.39, 0.29) is 5.56 Å². The fourth-order valence-corrected chi connectivity index (χ4v) is 3.55. The van der Waals surface area contributed by atoms with Crippen LogP contribution in [-0.2, 0) is 24.7 Å². The largest absolute Gasteiger partial charge is 0.493 e. The monoisotopic (exact) mass is 443 g/mol. The van der Waals surface area contributed by atoms with Crippen molar-refractivity contribution in [2.75, 3.05) is 6.61 Å². The number of ether oxygens (including phenoxy) is 2. The molecule has 3 aromatic carbocycles. The van der Waals surface area contributed by atoms with Crippen molar-refractivity contribution in [1.29, 1.82) is 0 Å². The van der Waals surface area contributed by atoms with Crippen molar-refractivity contribution in [3.8, 4) is 11.5 Å². The van der Waals surface area contributed by atoms with Gasteiger partial charge in [0.05, 0.1) is 17.5 Å². The molecule has 0 aliphatic carbocycles. The van der Waals surface area contributed by atoms with Gasteiger partial charge < -0.3 is 15.2 Å². The third-order valence-corrected chi connectivity index (χ3v) is 5.35. The minimum atomic E-state index is -0.764. The van der Waals surface area contributed by atoms with Crippen LogP contribution in [0.1, 0.15) is 11.4 Å². The van der Waals surface area contributed by atoms with Gasteiger partial charge >= 0.3 is 0 Å². The Kier molecular flexibility index (Phi) is 6.69. The number of para-hydroxylation sites is 2. The number of nitrogens with zero attached hydrogens (tertiary/aromatic N) is 2. The van der Waals surface area contributed by atoms with Crippen molar-refractivity contribution >= 4 is 16.8 Å².